The van der Waals surface area contributed by atoms with E-state index in [2.05, 4.69) is 23.9 Å². The second-order valence-electron chi connectivity index (χ2n) is 5.96. The molecular weight excluding hydrogens is 240 g/mol. The zero-order valence-corrected chi connectivity index (χ0v) is 10.9. The highest BCUT2D eigenvalue weighted by atomic mass is 19.3. The van der Waals surface area contributed by atoms with E-state index in [0.29, 0.717) is 24.4 Å². The Morgan fingerprint density at radius 2 is 1.89 bits per heavy atom. The van der Waals surface area contributed by atoms with Crippen LogP contribution in [0.25, 0.3) is 0 Å². The van der Waals surface area contributed by atoms with Crippen LogP contribution >= 0.6 is 0 Å². The van der Waals surface area contributed by atoms with Crippen LogP contribution in [0.4, 0.5) is 8.78 Å². The molecule has 0 aromatic rings. The fourth-order valence-corrected chi connectivity index (χ4v) is 3.17. The summed E-state index contributed by atoms with van der Waals surface area (Å²) in [5.74, 6) is -3.34. The van der Waals surface area contributed by atoms with Gasteiger partial charge < -0.3 is 10.1 Å². The van der Waals surface area contributed by atoms with E-state index in [1.807, 2.05) is 0 Å². The van der Waals surface area contributed by atoms with Crippen LogP contribution in [-0.4, -0.2) is 30.6 Å². The topological polar surface area (TPSA) is 38.3 Å². The molecule has 3 nitrogen and oxygen atoms in total. The van der Waals surface area contributed by atoms with Crippen molar-refractivity contribution in [1.29, 1.82) is 0 Å². The van der Waals surface area contributed by atoms with Crippen molar-refractivity contribution in [2.75, 3.05) is 6.54 Å². The lowest BCUT2D eigenvalue weighted by Gasteiger charge is -2.32. The number of cyclic esters (lactones) is 1. The summed E-state index contributed by atoms with van der Waals surface area (Å²) in [6, 6.07) is 0.358. The van der Waals surface area contributed by atoms with Crippen molar-refractivity contribution in [3.05, 3.63) is 0 Å². The highest BCUT2D eigenvalue weighted by molar-refractivity contribution is 5.79. The number of halogens is 2. The number of hydrogen-bond acceptors (Lipinski definition) is 3. The SMILES string of the molecule is CC1CC(C)CC(NCC2CC(F)(F)C(=O)O2)C1. The zero-order valence-electron chi connectivity index (χ0n) is 10.9. The second-order valence-corrected chi connectivity index (χ2v) is 5.96. The highest BCUT2D eigenvalue weighted by Crippen LogP contribution is 2.32. The van der Waals surface area contributed by atoms with Gasteiger partial charge in [0.2, 0.25) is 0 Å². The summed E-state index contributed by atoms with van der Waals surface area (Å²) in [5.41, 5.74) is 0. The maximum absolute atomic E-state index is 13.0. The van der Waals surface area contributed by atoms with E-state index in [-0.39, 0.29) is 0 Å². The predicted octanol–water partition coefficient (Wildman–Crippen LogP) is 2.35. The molecule has 5 heteroatoms. The van der Waals surface area contributed by atoms with Crippen LogP contribution in [0.2, 0.25) is 0 Å². The molecule has 104 valence electrons. The molecule has 1 saturated heterocycles. The summed E-state index contributed by atoms with van der Waals surface area (Å²) in [6.07, 6.45) is 2.20. The predicted molar refractivity (Wildman–Crippen MR) is 63.4 cm³/mol. The number of rotatable bonds is 3. The van der Waals surface area contributed by atoms with E-state index in [4.69, 9.17) is 0 Å². The van der Waals surface area contributed by atoms with Crippen molar-refractivity contribution in [2.45, 2.75) is 57.6 Å². The Kier molecular flexibility index (Phi) is 3.90. The first-order valence-electron chi connectivity index (χ1n) is 6.69. The molecule has 0 amide bonds. The molecule has 2 fully saturated rings. The van der Waals surface area contributed by atoms with Crippen molar-refractivity contribution in [2.24, 2.45) is 11.8 Å². The van der Waals surface area contributed by atoms with Gasteiger partial charge in [-0.15, -0.1) is 0 Å². The van der Waals surface area contributed by atoms with Gasteiger partial charge in [0, 0.05) is 12.6 Å². The third-order valence-corrected chi connectivity index (χ3v) is 3.87. The Hall–Kier alpha value is -0.710. The van der Waals surface area contributed by atoms with Crippen LogP contribution in [0.5, 0.6) is 0 Å². The highest BCUT2D eigenvalue weighted by Gasteiger charge is 2.50. The summed E-state index contributed by atoms with van der Waals surface area (Å²) in [7, 11) is 0. The van der Waals surface area contributed by atoms with Gasteiger partial charge in [-0.25, -0.2) is 4.79 Å². The molecule has 3 atom stereocenters. The largest absolute Gasteiger partial charge is 0.456 e. The lowest BCUT2D eigenvalue weighted by Crippen LogP contribution is -2.40. The number of carbonyl (C=O) groups is 1. The minimum absolute atomic E-state index is 0.339. The van der Waals surface area contributed by atoms with Crippen LogP contribution in [-0.2, 0) is 9.53 Å². The number of esters is 1. The molecule has 1 saturated carbocycles. The quantitative estimate of drug-likeness (QED) is 0.793. The van der Waals surface area contributed by atoms with Gasteiger partial charge in [-0.05, 0) is 31.1 Å². The monoisotopic (exact) mass is 261 g/mol. The lowest BCUT2D eigenvalue weighted by atomic mass is 9.80. The molecular formula is C13H21F2NO2. The van der Waals surface area contributed by atoms with Gasteiger partial charge in [0.15, 0.2) is 0 Å². The molecule has 2 rings (SSSR count). The standard InChI is InChI=1S/C13H21F2NO2/c1-8-3-9(2)5-10(4-8)16-7-11-6-13(14,15)12(17)18-11/h8-11,16H,3-7H2,1-2H3. The fraction of sp³-hybridized carbons (Fsp3) is 0.923. The van der Waals surface area contributed by atoms with Gasteiger partial charge in [-0.3, -0.25) is 0 Å². The van der Waals surface area contributed by atoms with Crippen molar-refractivity contribution >= 4 is 5.97 Å². The average molecular weight is 261 g/mol. The van der Waals surface area contributed by atoms with Gasteiger partial charge in [-0.2, -0.15) is 8.78 Å². The summed E-state index contributed by atoms with van der Waals surface area (Å²) in [5, 5.41) is 3.27. The van der Waals surface area contributed by atoms with Crippen LogP contribution < -0.4 is 5.32 Å². The van der Waals surface area contributed by atoms with Crippen LogP contribution in [0.1, 0.15) is 39.5 Å². The first kappa shape index (κ1) is 13.7. The first-order valence-corrected chi connectivity index (χ1v) is 6.69. The molecule has 1 aliphatic carbocycles. The van der Waals surface area contributed by atoms with E-state index in [1.54, 1.807) is 0 Å². The van der Waals surface area contributed by atoms with Crippen molar-refractivity contribution in [3.8, 4) is 0 Å². The summed E-state index contributed by atoms with van der Waals surface area (Å²) < 4.78 is 30.6. The number of carbonyl (C=O) groups excluding carboxylic acids is 1. The molecule has 0 aromatic carbocycles. The van der Waals surface area contributed by atoms with Gasteiger partial charge in [0.25, 0.3) is 0 Å². The van der Waals surface area contributed by atoms with Gasteiger partial charge in [0.1, 0.15) is 6.10 Å². The molecule has 2 aliphatic rings. The maximum Gasteiger partial charge on any atom is 0.377 e. The van der Waals surface area contributed by atoms with E-state index < -0.39 is 24.4 Å². The Labute approximate surface area is 106 Å². The minimum atomic E-state index is -3.29. The molecule has 0 bridgehead atoms. The average Bonchev–Trinajstić information content (AvgIpc) is 2.49. The van der Waals surface area contributed by atoms with Crippen molar-refractivity contribution in [3.63, 3.8) is 0 Å². The van der Waals surface area contributed by atoms with Crippen molar-refractivity contribution < 1.29 is 18.3 Å². The normalized spacial score (nSPS) is 39.7. The number of alkyl halides is 2. The van der Waals surface area contributed by atoms with Gasteiger partial charge in [-0.1, -0.05) is 13.8 Å². The number of nitrogens with one attached hydrogen (secondary N) is 1. The molecule has 1 heterocycles. The van der Waals surface area contributed by atoms with Gasteiger partial charge >= 0.3 is 11.9 Å². The molecule has 18 heavy (non-hydrogen) atoms. The van der Waals surface area contributed by atoms with Crippen LogP contribution in [0.15, 0.2) is 0 Å². The molecule has 0 spiro atoms. The molecule has 0 aromatic heterocycles. The van der Waals surface area contributed by atoms with Crippen LogP contribution in [0.3, 0.4) is 0 Å². The number of ether oxygens (including phenoxy) is 1. The fourth-order valence-electron chi connectivity index (χ4n) is 3.17. The molecule has 0 radical (unpaired) electrons. The maximum atomic E-state index is 13.0. The Morgan fingerprint density at radius 3 is 2.39 bits per heavy atom. The first-order chi connectivity index (χ1) is 8.37. The Morgan fingerprint density at radius 1 is 1.28 bits per heavy atom. The van der Waals surface area contributed by atoms with Crippen LogP contribution in [0, 0.1) is 11.8 Å². The third kappa shape index (κ3) is 3.19. The summed E-state index contributed by atoms with van der Waals surface area (Å²) >= 11 is 0. The van der Waals surface area contributed by atoms with E-state index >= 15 is 0 Å². The summed E-state index contributed by atoms with van der Waals surface area (Å²) in [4.78, 5) is 10.9. The number of hydrogen-bond donors (Lipinski definition) is 1. The third-order valence-electron chi connectivity index (χ3n) is 3.87. The molecule has 1 aliphatic heterocycles. The molecule has 1 N–H and O–H groups in total. The minimum Gasteiger partial charge on any atom is -0.456 e. The summed E-state index contributed by atoms with van der Waals surface area (Å²) in [6.45, 7) is 4.77. The van der Waals surface area contributed by atoms with E-state index in [0.717, 1.165) is 12.8 Å². The lowest BCUT2D eigenvalue weighted by molar-refractivity contribution is -0.159. The van der Waals surface area contributed by atoms with Crippen molar-refractivity contribution in [1.82, 2.24) is 5.32 Å². The Bertz CT molecular complexity index is 312. The second kappa shape index (κ2) is 5.11. The molecule has 3 unspecified atom stereocenters. The van der Waals surface area contributed by atoms with Gasteiger partial charge in [0.05, 0.1) is 6.42 Å². The van der Waals surface area contributed by atoms with E-state index in [1.165, 1.54) is 6.42 Å². The van der Waals surface area contributed by atoms with E-state index in [9.17, 15) is 13.6 Å². The zero-order chi connectivity index (χ0) is 13.3. The smallest absolute Gasteiger partial charge is 0.377 e. The Balaban J connectivity index is 1.77.